The number of aromatic amines is 1. The van der Waals surface area contributed by atoms with E-state index in [0.29, 0.717) is 12.2 Å². The number of aliphatic hydroxyl groups excluding tert-OH is 1. The van der Waals surface area contributed by atoms with E-state index in [9.17, 15) is 19.8 Å². The highest BCUT2D eigenvalue weighted by Gasteiger charge is 2.33. The molecule has 2 unspecified atom stereocenters. The van der Waals surface area contributed by atoms with Crippen LogP contribution in [0.15, 0.2) is 30.5 Å². The van der Waals surface area contributed by atoms with E-state index >= 15 is 0 Å². The second-order valence-electron chi connectivity index (χ2n) is 7.77. The molecule has 3 rings (SSSR count). The summed E-state index contributed by atoms with van der Waals surface area (Å²) in [7, 11) is 1.48. The number of carbonyl (C=O) groups is 2. The van der Waals surface area contributed by atoms with Gasteiger partial charge in [-0.15, -0.1) is 0 Å². The summed E-state index contributed by atoms with van der Waals surface area (Å²) in [5, 5.41) is 19.3. The van der Waals surface area contributed by atoms with Gasteiger partial charge in [0.15, 0.2) is 11.5 Å². The molecule has 6 heteroatoms. The Bertz CT molecular complexity index is 943. The van der Waals surface area contributed by atoms with Gasteiger partial charge >= 0.3 is 0 Å². The summed E-state index contributed by atoms with van der Waals surface area (Å²) in [5.74, 6) is -0.124. The number of hydrogen-bond acceptors (Lipinski definition) is 5. The number of phenolic OH excluding ortho intramolecular Hbond substituents is 1. The molecule has 6 nitrogen and oxygen atoms in total. The van der Waals surface area contributed by atoms with Gasteiger partial charge in [-0.1, -0.05) is 25.5 Å². The number of H-pyrrole nitrogens is 1. The Morgan fingerprint density at radius 1 is 1.27 bits per heavy atom. The predicted molar refractivity (Wildman–Crippen MR) is 114 cm³/mol. The largest absolute Gasteiger partial charge is 0.504 e. The van der Waals surface area contributed by atoms with E-state index in [1.165, 1.54) is 7.11 Å². The van der Waals surface area contributed by atoms with E-state index in [4.69, 9.17) is 4.74 Å². The number of carbonyl (C=O) groups excluding carboxylic acids is 2. The number of benzene rings is 1. The molecule has 1 aliphatic carbocycles. The number of aromatic nitrogens is 1. The molecular weight excluding hydrogens is 382 g/mol. The van der Waals surface area contributed by atoms with Gasteiger partial charge in [0.2, 0.25) is 0 Å². The number of Topliss-reactive ketones (excluding diaryl/α,β-unsaturated/α-hetero) is 2. The van der Waals surface area contributed by atoms with Gasteiger partial charge in [-0.25, -0.2) is 0 Å². The first kappa shape index (κ1) is 21.8. The lowest BCUT2D eigenvalue weighted by atomic mass is 9.75. The van der Waals surface area contributed by atoms with Gasteiger partial charge in [-0.05, 0) is 53.7 Å². The van der Waals surface area contributed by atoms with Gasteiger partial charge in [0.1, 0.15) is 11.6 Å². The molecule has 1 heterocycles. The molecule has 30 heavy (non-hydrogen) atoms. The summed E-state index contributed by atoms with van der Waals surface area (Å²) < 4.78 is 5.09. The minimum atomic E-state index is -0.351. The van der Waals surface area contributed by atoms with Crippen LogP contribution in [0.1, 0.15) is 60.9 Å². The standard InChI is InChI=1S/C24H29NO5/c1-3-4-19-18(8-9-20-24(19)16(14-26)13-25-20)22(29)12-17(27)7-5-15-6-10-21(28)23(11-15)30-2/h6,8-11,13,18-19,25-26,28H,3-5,7,12,14H2,1-2H3. The molecule has 0 fully saturated rings. The van der Waals surface area contributed by atoms with E-state index in [1.54, 1.807) is 24.4 Å². The zero-order valence-corrected chi connectivity index (χ0v) is 17.5. The second kappa shape index (κ2) is 9.76. The van der Waals surface area contributed by atoms with Crippen LogP contribution < -0.4 is 4.74 Å². The lowest BCUT2D eigenvalue weighted by molar-refractivity contribution is -0.128. The number of rotatable bonds is 10. The summed E-state index contributed by atoms with van der Waals surface area (Å²) >= 11 is 0. The van der Waals surface area contributed by atoms with E-state index in [2.05, 4.69) is 11.9 Å². The third-order valence-electron chi connectivity index (χ3n) is 5.76. The van der Waals surface area contributed by atoms with Gasteiger partial charge < -0.3 is 19.9 Å². The number of allylic oxidation sites excluding steroid dienone is 1. The van der Waals surface area contributed by atoms with Crippen LogP contribution >= 0.6 is 0 Å². The van der Waals surface area contributed by atoms with Crippen molar-refractivity contribution in [1.29, 1.82) is 0 Å². The average molecular weight is 411 g/mol. The van der Waals surface area contributed by atoms with Crippen molar-refractivity contribution in [2.75, 3.05) is 7.11 Å². The van der Waals surface area contributed by atoms with E-state index in [0.717, 1.165) is 35.2 Å². The van der Waals surface area contributed by atoms with Crippen LogP contribution in [-0.2, 0) is 22.6 Å². The maximum absolute atomic E-state index is 13.0. The highest BCUT2D eigenvalue weighted by molar-refractivity contribution is 6.01. The smallest absolute Gasteiger partial charge is 0.160 e. The highest BCUT2D eigenvalue weighted by Crippen LogP contribution is 2.40. The van der Waals surface area contributed by atoms with Crippen molar-refractivity contribution in [3.63, 3.8) is 0 Å². The second-order valence-corrected chi connectivity index (χ2v) is 7.77. The highest BCUT2D eigenvalue weighted by atomic mass is 16.5. The first-order valence-electron chi connectivity index (χ1n) is 10.4. The SMILES string of the molecule is CCCC1c2c(CO)c[nH]c2C=CC1C(=O)CC(=O)CCc1ccc(O)c(OC)c1. The molecule has 0 amide bonds. The third kappa shape index (κ3) is 4.65. The van der Waals surface area contributed by atoms with Crippen molar-refractivity contribution in [2.45, 2.75) is 51.6 Å². The number of ketones is 2. The Labute approximate surface area is 176 Å². The van der Waals surface area contributed by atoms with E-state index in [1.807, 2.05) is 12.2 Å². The molecule has 3 N–H and O–H groups in total. The Morgan fingerprint density at radius 2 is 2.07 bits per heavy atom. The van der Waals surface area contributed by atoms with Gasteiger partial charge in [-0.2, -0.15) is 0 Å². The topological polar surface area (TPSA) is 99.6 Å². The summed E-state index contributed by atoms with van der Waals surface area (Å²) in [6.07, 6.45) is 7.94. The zero-order valence-electron chi connectivity index (χ0n) is 17.5. The molecule has 0 saturated carbocycles. The quantitative estimate of drug-likeness (QED) is 0.515. The maximum Gasteiger partial charge on any atom is 0.160 e. The molecule has 0 bridgehead atoms. The number of aryl methyl sites for hydroxylation is 1. The molecule has 160 valence electrons. The molecule has 0 saturated heterocycles. The number of phenols is 1. The Balaban J connectivity index is 1.65. The van der Waals surface area contributed by atoms with Crippen molar-refractivity contribution in [1.82, 2.24) is 4.98 Å². The summed E-state index contributed by atoms with van der Waals surface area (Å²) in [6, 6.07) is 4.99. The fourth-order valence-electron chi connectivity index (χ4n) is 4.24. The average Bonchev–Trinajstić information content (AvgIpc) is 3.17. The van der Waals surface area contributed by atoms with Crippen molar-refractivity contribution < 1.29 is 24.5 Å². The first-order valence-corrected chi connectivity index (χ1v) is 10.4. The van der Waals surface area contributed by atoms with Gasteiger partial charge in [0.25, 0.3) is 0 Å². The van der Waals surface area contributed by atoms with Crippen molar-refractivity contribution in [3.8, 4) is 11.5 Å². The fourth-order valence-corrected chi connectivity index (χ4v) is 4.24. The fraction of sp³-hybridized carbons (Fsp3) is 0.417. The van der Waals surface area contributed by atoms with Crippen LogP contribution in [0, 0.1) is 5.92 Å². The Morgan fingerprint density at radius 3 is 2.77 bits per heavy atom. The molecule has 0 spiro atoms. The maximum atomic E-state index is 13.0. The van der Waals surface area contributed by atoms with Gasteiger partial charge in [0, 0.05) is 24.2 Å². The van der Waals surface area contributed by atoms with Crippen LogP contribution in [-0.4, -0.2) is 33.9 Å². The van der Waals surface area contributed by atoms with Gasteiger partial charge in [0.05, 0.1) is 20.1 Å². The van der Waals surface area contributed by atoms with Crippen LogP contribution in [0.5, 0.6) is 11.5 Å². The normalized spacial score (nSPS) is 17.6. The minimum Gasteiger partial charge on any atom is -0.504 e. The monoisotopic (exact) mass is 411 g/mol. The molecule has 2 aromatic rings. The lowest BCUT2D eigenvalue weighted by Gasteiger charge is -2.28. The summed E-state index contributed by atoms with van der Waals surface area (Å²) in [5.41, 5.74) is 3.63. The Kier molecular flexibility index (Phi) is 7.11. The number of ether oxygens (including phenoxy) is 1. The van der Waals surface area contributed by atoms with Crippen molar-refractivity contribution >= 4 is 17.6 Å². The molecule has 1 aromatic heterocycles. The van der Waals surface area contributed by atoms with Crippen LogP contribution in [0.25, 0.3) is 6.08 Å². The molecule has 0 radical (unpaired) electrons. The number of fused-ring (bicyclic) bond motifs is 1. The predicted octanol–water partition coefficient (Wildman–Crippen LogP) is 3.91. The molecule has 1 aromatic carbocycles. The first-order chi connectivity index (χ1) is 14.5. The lowest BCUT2D eigenvalue weighted by Crippen LogP contribution is -2.26. The number of nitrogens with one attached hydrogen (secondary N) is 1. The van der Waals surface area contributed by atoms with Crippen molar-refractivity contribution in [2.24, 2.45) is 5.92 Å². The van der Waals surface area contributed by atoms with Crippen molar-refractivity contribution in [3.05, 3.63) is 52.9 Å². The summed E-state index contributed by atoms with van der Waals surface area (Å²) in [4.78, 5) is 28.7. The van der Waals surface area contributed by atoms with E-state index < -0.39 is 0 Å². The summed E-state index contributed by atoms with van der Waals surface area (Å²) in [6.45, 7) is 2.00. The number of aromatic hydroxyl groups is 1. The zero-order chi connectivity index (χ0) is 21.7. The molecule has 2 atom stereocenters. The minimum absolute atomic E-state index is 0.0231. The van der Waals surface area contributed by atoms with E-state index in [-0.39, 0.29) is 48.6 Å². The number of hydrogen-bond donors (Lipinski definition) is 3. The molecular formula is C24H29NO5. The number of methoxy groups -OCH3 is 1. The van der Waals surface area contributed by atoms with Crippen LogP contribution in [0.4, 0.5) is 0 Å². The molecule has 1 aliphatic rings. The van der Waals surface area contributed by atoms with Crippen LogP contribution in [0.3, 0.4) is 0 Å². The van der Waals surface area contributed by atoms with Crippen LogP contribution in [0.2, 0.25) is 0 Å². The Hall–Kier alpha value is -2.86. The molecule has 0 aliphatic heterocycles. The van der Waals surface area contributed by atoms with Gasteiger partial charge in [-0.3, -0.25) is 9.59 Å². The third-order valence-corrected chi connectivity index (χ3v) is 5.76. The number of aliphatic hydroxyl groups is 1.